The Hall–Kier alpha value is 0.362. The van der Waals surface area contributed by atoms with E-state index in [1.807, 2.05) is 0 Å². The molecule has 5 nitrogen and oxygen atoms in total. The molecular formula is C12H31AlO5S. The van der Waals surface area contributed by atoms with Crippen LogP contribution in [0.4, 0.5) is 0 Å². The first-order valence-corrected chi connectivity index (χ1v) is 8.04. The van der Waals surface area contributed by atoms with E-state index in [9.17, 15) is 8.42 Å². The first-order chi connectivity index (χ1) is 8.06. The molecule has 0 heterocycles. The fraction of sp³-hybridized carbons (Fsp3) is 1.00. The van der Waals surface area contributed by atoms with Crippen molar-refractivity contribution in [2.24, 2.45) is 0 Å². The van der Waals surface area contributed by atoms with Gasteiger partial charge in [0.15, 0.2) is 17.4 Å². The molecule has 0 spiro atoms. The van der Waals surface area contributed by atoms with Crippen molar-refractivity contribution in [3.63, 3.8) is 0 Å². The van der Waals surface area contributed by atoms with Crippen LogP contribution in [0.1, 0.15) is 71.1 Å². The molecule has 0 radical (unpaired) electrons. The minimum absolute atomic E-state index is 0. The summed E-state index contributed by atoms with van der Waals surface area (Å²) in [5.74, 6) is 0. The van der Waals surface area contributed by atoms with Crippen LogP contribution in [0.3, 0.4) is 0 Å². The zero-order chi connectivity index (χ0) is 13.0. The predicted molar refractivity (Wildman–Crippen MR) is 82.9 cm³/mol. The van der Waals surface area contributed by atoms with Crippen molar-refractivity contribution in [2.75, 3.05) is 6.61 Å². The van der Waals surface area contributed by atoms with E-state index < -0.39 is 10.4 Å². The standard InChI is InChI=1S/C12H26O4S.Al.H2O.3H/c1-2-3-4-5-6-7-8-9-10-11-12-16-17(13,14)15;;;;;/h2-12H2,1H3,(H,13,14,15);;1H2;;;. The first kappa shape index (κ1) is 24.4. The predicted octanol–water partition coefficient (Wildman–Crippen LogP) is 1.72. The summed E-state index contributed by atoms with van der Waals surface area (Å²) >= 11 is 0. The summed E-state index contributed by atoms with van der Waals surface area (Å²) in [7, 11) is -4.23. The lowest BCUT2D eigenvalue weighted by molar-refractivity contribution is 0.261. The Morgan fingerprint density at radius 3 is 1.58 bits per heavy atom. The molecule has 0 bridgehead atoms. The molecule has 0 aromatic heterocycles. The number of unbranched alkanes of at least 4 members (excludes halogenated alkanes) is 9. The quantitative estimate of drug-likeness (QED) is 0.337. The van der Waals surface area contributed by atoms with E-state index in [0.717, 1.165) is 12.8 Å². The third-order valence-corrected chi connectivity index (χ3v) is 3.19. The van der Waals surface area contributed by atoms with Gasteiger partial charge in [0.05, 0.1) is 6.61 Å². The second-order valence-corrected chi connectivity index (χ2v) is 5.52. The van der Waals surface area contributed by atoms with E-state index in [-0.39, 0.29) is 29.4 Å². The molecule has 0 aromatic rings. The van der Waals surface area contributed by atoms with Gasteiger partial charge in [-0.2, -0.15) is 8.42 Å². The maximum Gasteiger partial charge on any atom is 0.397 e. The van der Waals surface area contributed by atoms with Gasteiger partial charge in [-0.25, -0.2) is 4.18 Å². The van der Waals surface area contributed by atoms with Gasteiger partial charge >= 0.3 is 10.4 Å². The Bertz CT molecular complexity index is 257. The minimum Gasteiger partial charge on any atom is -0.412 e. The first-order valence-electron chi connectivity index (χ1n) is 6.68. The van der Waals surface area contributed by atoms with Crippen LogP contribution in [0.15, 0.2) is 0 Å². The maximum absolute atomic E-state index is 10.2. The van der Waals surface area contributed by atoms with E-state index in [4.69, 9.17) is 4.55 Å². The van der Waals surface area contributed by atoms with Crippen LogP contribution in [0.2, 0.25) is 0 Å². The summed E-state index contributed by atoms with van der Waals surface area (Å²) < 4.78 is 33.0. The second kappa shape index (κ2) is 16.4. The Labute approximate surface area is 128 Å². The zero-order valence-corrected chi connectivity index (χ0v) is 12.2. The normalized spacial score (nSPS) is 10.6. The molecule has 7 heteroatoms. The lowest BCUT2D eigenvalue weighted by atomic mass is 10.1. The van der Waals surface area contributed by atoms with Gasteiger partial charge in [0.2, 0.25) is 0 Å². The van der Waals surface area contributed by atoms with Crippen molar-refractivity contribution in [3.8, 4) is 0 Å². The maximum atomic E-state index is 10.2. The van der Waals surface area contributed by atoms with Gasteiger partial charge in [0, 0.05) is 0 Å². The highest BCUT2D eigenvalue weighted by Gasteiger charge is 2.02. The molecule has 0 aromatic carbocycles. The third kappa shape index (κ3) is 23.8. The van der Waals surface area contributed by atoms with Crippen LogP contribution in [-0.2, 0) is 14.6 Å². The molecule has 0 saturated carbocycles. The third-order valence-electron chi connectivity index (χ3n) is 2.73. The second-order valence-electron chi connectivity index (χ2n) is 4.43. The topological polar surface area (TPSA) is 95.1 Å². The Balaban J connectivity index is -0.00000128. The fourth-order valence-electron chi connectivity index (χ4n) is 1.75. The molecule has 3 N–H and O–H groups in total. The summed E-state index contributed by atoms with van der Waals surface area (Å²) in [6.45, 7) is 2.31. The van der Waals surface area contributed by atoms with Crippen molar-refractivity contribution in [1.29, 1.82) is 0 Å². The van der Waals surface area contributed by atoms with Crippen LogP contribution in [0.25, 0.3) is 0 Å². The van der Waals surface area contributed by atoms with Crippen molar-refractivity contribution < 1.29 is 22.6 Å². The minimum atomic E-state index is -4.23. The van der Waals surface area contributed by atoms with Crippen molar-refractivity contribution in [3.05, 3.63) is 0 Å². The van der Waals surface area contributed by atoms with Crippen molar-refractivity contribution in [1.82, 2.24) is 0 Å². The van der Waals surface area contributed by atoms with E-state index >= 15 is 0 Å². The molecule has 0 atom stereocenters. The lowest BCUT2D eigenvalue weighted by Gasteiger charge is -2.02. The highest BCUT2D eigenvalue weighted by Crippen LogP contribution is 2.10. The van der Waals surface area contributed by atoms with Crippen LogP contribution in [0.5, 0.6) is 0 Å². The number of rotatable bonds is 12. The molecule has 0 rings (SSSR count). The summed E-state index contributed by atoms with van der Waals surface area (Å²) in [4.78, 5) is 0. The van der Waals surface area contributed by atoms with Crippen LogP contribution in [-0.4, -0.2) is 42.4 Å². The average molecular weight is 314 g/mol. The van der Waals surface area contributed by atoms with Gasteiger partial charge in [-0.3, -0.25) is 4.55 Å². The summed E-state index contributed by atoms with van der Waals surface area (Å²) in [6.07, 6.45) is 11.9. The van der Waals surface area contributed by atoms with Gasteiger partial charge in [-0.15, -0.1) is 0 Å². The summed E-state index contributed by atoms with van der Waals surface area (Å²) in [6, 6.07) is 0. The Kier molecular flexibility index (Phi) is 21.1. The highest BCUT2D eigenvalue weighted by molar-refractivity contribution is 7.80. The Morgan fingerprint density at radius 2 is 1.21 bits per heavy atom. The van der Waals surface area contributed by atoms with Crippen LogP contribution in [0, 0.1) is 0 Å². The fourth-order valence-corrected chi connectivity index (χ4v) is 2.08. The number of hydrogen-bond donors (Lipinski definition) is 1. The highest BCUT2D eigenvalue weighted by atomic mass is 32.3. The SMILES string of the molecule is CCCCCCCCCCCCOS(=O)(=O)O.O.[AlH3]. The van der Waals surface area contributed by atoms with Gasteiger partial charge < -0.3 is 5.48 Å². The van der Waals surface area contributed by atoms with Crippen molar-refractivity contribution >= 4 is 27.8 Å². The molecular weight excluding hydrogens is 283 g/mol. The van der Waals surface area contributed by atoms with Gasteiger partial charge in [0.25, 0.3) is 0 Å². The van der Waals surface area contributed by atoms with Gasteiger partial charge in [-0.05, 0) is 6.42 Å². The molecule has 0 unspecified atom stereocenters. The lowest BCUT2D eigenvalue weighted by Crippen LogP contribution is -2.04. The monoisotopic (exact) mass is 314 g/mol. The molecule has 118 valence electrons. The van der Waals surface area contributed by atoms with Gasteiger partial charge in [-0.1, -0.05) is 64.7 Å². The molecule has 0 amide bonds. The van der Waals surface area contributed by atoms with E-state index in [0.29, 0.717) is 6.42 Å². The summed E-state index contributed by atoms with van der Waals surface area (Å²) in [5.41, 5.74) is 0. The smallest absolute Gasteiger partial charge is 0.397 e. The largest absolute Gasteiger partial charge is 0.412 e. The molecule has 0 aliphatic carbocycles. The zero-order valence-electron chi connectivity index (χ0n) is 11.4. The molecule has 0 aliphatic rings. The number of hydrogen-bond acceptors (Lipinski definition) is 3. The average Bonchev–Trinajstić information content (AvgIpc) is 2.24. The summed E-state index contributed by atoms with van der Waals surface area (Å²) in [5, 5.41) is 0. The molecule has 19 heavy (non-hydrogen) atoms. The van der Waals surface area contributed by atoms with Crippen LogP contribution < -0.4 is 0 Å². The van der Waals surface area contributed by atoms with Crippen molar-refractivity contribution in [2.45, 2.75) is 71.1 Å². The molecule has 0 saturated heterocycles. The van der Waals surface area contributed by atoms with Crippen LogP contribution >= 0.6 is 0 Å². The molecule has 0 aliphatic heterocycles. The molecule has 0 fully saturated rings. The van der Waals surface area contributed by atoms with Gasteiger partial charge in [0.1, 0.15) is 0 Å². The van der Waals surface area contributed by atoms with E-state index in [1.54, 1.807) is 0 Å². The Morgan fingerprint density at radius 1 is 0.842 bits per heavy atom. The van der Waals surface area contributed by atoms with E-state index in [1.165, 1.54) is 44.9 Å². The van der Waals surface area contributed by atoms with E-state index in [2.05, 4.69) is 11.1 Å².